The van der Waals surface area contributed by atoms with Gasteiger partial charge in [-0.05, 0) is 38.6 Å². The van der Waals surface area contributed by atoms with Crippen molar-refractivity contribution in [3.63, 3.8) is 0 Å². The molecular formula is C16H31NO3. The van der Waals surface area contributed by atoms with Gasteiger partial charge in [0.1, 0.15) is 0 Å². The maximum atomic E-state index is 10.1. The van der Waals surface area contributed by atoms with E-state index in [1.165, 1.54) is 12.8 Å². The Hall–Kier alpha value is -0.160. The molecule has 2 rings (SSSR count). The summed E-state index contributed by atoms with van der Waals surface area (Å²) in [6.45, 7) is 5.08. The number of nitrogens with zero attached hydrogens (tertiary/aromatic N) is 1. The van der Waals surface area contributed by atoms with E-state index in [0.717, 1.165) is 45.3 Å². The molecule has 0 spiro atoms. The average Bonchev–Trinajstić information content (AvgIpc) is 3.03. The molecule has 1 aliphatic heterocycles. The molecule has 1 heterocycles. The second-order valence-corrected chi connectivity index (χ2v) is 6.45. The van der Waals surface area contributed by atoms with Gasteiger partial charge in [-0.2, -0.15) is 0 Å². The van der Waals surface area contributed by atoms with Gasteiger partial charge in [0.25, 0.3) is 0 Å². The second-order valence-electron chi connectivity index (χ2n) is 6.45. The zero-order valence-corrected chi connectivity index (χ0v) is 12.8. The Balaban J connectivity index is 1.73. The van der Waals surface area contributed by atoms with Crippen LogP contribution in [0.15, 0.2) is 0 Å². The first-order chi connectivity index (χ1) is 9.72. The molecule has 4 atom stereocenters. The maximum absolute atomic E-state index is 10.1. The fraction of sp³-hybridized carbons (Fsp3) is 1.00. The summed E-state index contributed by atoms with van der Waals surface area (Å²) in [4.78, 5) is 2.38. The van der Waals surface area contributed by atoms with E-state index in [9.17, 15) is 10.2 Å². The van der Waals surface area contributed by atoms with E-state index in [-0.39, 0.29) is 6.10 Å². The minimum Gasteiger partial charge on any atom is -0.393 e. The van der Waals surface area contributed by atoms with Crippen molar-refractivity contribution in [2.45, 2.75) is 70.1 Å². The lowest BCUT2D eigenvalue weighted by atomic mass is 9.94. The highest BCUT2D eigenvalue weighted by atomic mass is 16.5. The summed E-state index contributed by atoms with van der Waals surface area (Å²) < 4.78 is 5.50. The van der Waals surface area contributed by atoms with E-state index in [4.69, 9.17) is 4.74 Å². The predicted octanol–water partition coefficient (Wildman–Crippen LogP) is 1.79. The van der Waals surface area contributed by atoms with Crippen LogP contribution in [-0.4, -0.2) is 59.7 Å². The third kappa shape index (κ3) is 4.42. The van der Waals surface area contributed by atoms with Crippen molar-refractivity contribution in [3.05, 3.63) is 0 Å². The van der Waals surface area contributed by atoms with Crippen LogP contribution >= 0.6 is 0 Å². The molecule has 0 bridgehead atoms. The molecule has 20 heavy (non-hydrogen) atoms. The molecule has 2 aliphatic rings. The van der Waals surface area contributed by atoms with E-state index in [1.54, 1.807) is 0 Å². The quantitative estimate of drug-likeness (QED) is 0.668. The van der Waals surface area contributed by atoms with Gasteiger partial charge in [0.2, 0.25) is 0 Å². The normalized spacial score (nSPS) is 32.9. The summed E-state index contributed by atoms with van der Waals surface area (Å²) >= 11 is 0. The standard InChI is InChI=1S/C16H31NO3/c1-2-3-10-20-12-13(18)11-17-9-5-7-15(17)14-6-4-8-16(14)19/h13-16,18-19H,2-12H2,1H3. The Bertz CT molecular complexity index is 274. The first-order valence-corrected chi connectivity index (χ1v) is 8.40. The number of likely N-dealkylation sites (tertiary alicyclic amines) is 1. The van der Waals surface area contributed by atoms with Crippen LogP contribution in [0.1, 0.15) is 51.9 Å². The number of hydrogen-bond acceptors (Lipinski definition) is 4. The minimum atomic E-state index is -0.397. The van der Waals surface area contributed by atoms with Gasteiger partial charge in [0.05, 0.1) is 18.8 Å². The van der Waals surface area contributed by atoms with E-state index in [0.29, 0.717) is 25.1 Å². The lowest BCUT2D eigenvalue weighted by Gasteiger charge is -2.32. The zero-order valence-electron chi connectivity index (χ0n) is 12.8. The van der Waals surface area contributed by atoms with Crippen molar-refractivity contribution < 1.29 is 14.9 Å². The van der Waals surface area contributed by atoms with Crippen LogP contribution < -0.4 is 0 Å². The average molecular weight is 285 g/mol. The molecule has 2 N–H and O–H groups in total. The predicted molar refractivity (Wildman–Crippen MR) is 79.7 cm³/mol. The van der Waals surface area contributed by atoms with Crippen LogP contribution in [0.2, 0.25) is 0 Å². The molecule has 0 aromatic carbocycles. The molecule has 1 saturated carbocycles. The fourth-order valence-electron chi connectivity index (χ4n) is 3.77. The number of aliphatic hydroxyl groups is 2. The topological polar surface area (TPSA) is 52.9 Å². The molecule has 0 aromatic heterocycles. The van der Waals surface area contributed by atoms with E-state index in [1.807, 2.05) is 0 Å². The first-order valence-electron chi connectivity index (χ1n) is 8.40. The Labute approximate surface area is 123 Å². The van der Waals surface area contributed by atoms with Gasteiger partial charge in [-0.1, -0.05) is 19.8 Å². The Kier molecular flexibility index (Phi) is 6.75. The number of ether oxygens (including phenoxy) is 1. The lowest BCUT2D eigenvalue weighted by molar-refractivity contribution is 0.00128. The van der Waals surface area contributed by atoms with Crippen LogP contribution in [0.5, 0.6) is 0 Å². The molecule has 1 aliphatic carbocycles. The monoisotopic (exact) mass is 285 g/mol. The zero-order chi connectivity index (χ0) is 14.4. The number of β-amino-alcohol motifs (C(OH)–C–C–N with tert-alkyl or cyclic N) is 1. The first kappa shape index (κ1) is 16.2. The van der Waals surface area contributed by atoms with Crippen molar-refractivity contribution in [1.82, 2.24) is 4.90 Å². The van der Waals surface area contributed by atoms with Gasteiger partial charge in [0.15, 0.2) is 0 Å². The highest BCUT2D eigenvalue weighted by molar-refractivity contribution is 4.92. The molecule has 4 nitrogen and oxygen atoms in total. The van der Waals surface area contributed by atoms with Crippen LogP contribution in [0, 0.1) is 5.92 Å². The Morgan fingerprint density at radius 1 is 1.25 bits per heavy atom. The molecule has 4 unspecified atom stereocenters. The fourth-order valence-corrected chi connectivity index (χ4v) is 3.77. The Morgan fingerprint density at radius 3 is 2.80 bits per heavy atom. The third-order valence-corrected chi connectivity index (χ3v) is 4.84. The van der Waals surface area contributed by atoms with E-state index in [2.05, 4.69) is 11.8 Å². The molecule has 4 heteroatoms. The summed E-state index contributed by atoms with van der Waals surface area (Å²) in [5, 5.41) is 20.2. The summed E-state index contributed by atoms with van der Waals surface area (Å²) in [6.07, 6.45) is 7.28. The lowest BCUT2D eigenvalue weighted by Crippen LogP contribution is -2.43. The van der Waals surface area contributed by atoms with E-state index < -0.39 is 6.10 Å². The smallest absolute Gasteiger partial charge is 0.0900 e. The summed E-state index contributed by atoms with van der Waals surface area (Å²) in [6, 6.07) is 0.470. The van der Waals surface area contributed by atoms with Gasteiger partial charge < -0.3 is 14.9 Å². The van der Waals surface area contributed by atoms with Gasteiger partial charge in [-0.3, -0.25) is 4.90 Å². The third-order valence-electron chi connectivity index (χ3n) is 4.84. The van der Waals surface area contributed by atoms with Gasteiger partial charge in [-0.25, -0.2) is 0 Å². The van der Waals surface area contributed by atoms with Crippen LogP contribution in [0.4, 0.5) is 0 Å². The van der Waals surface area contributed by atoms with Crippen LogP contribution in [0.25, 0.3) is 0 Å². The number of unbranched alkanes of at least 4 members (excludes halogenated alkanes) is 1. The second kappa shape index (κ2) is 8.32. The van der Waals surface area contributed by atoms with Crippen molar-refractivity contribution in [2.24, 2.45) is 5.92 Å². The van der Waals surface area contributed by atoms with Crippen molar-refractivity contribution in [3.8, 4) is 0 Å². The minimum absolute atomic E-state index is 0.126. The molecule has 1 saturated heterocycles. The maximum Gasteiger partial charge on any atom is 0.0900 e. The molecule has 0 amide bonds. The van der Waals surface area contributed by atoms with Crippen molar-refractivity contribution >= 4 is 0 Å². The van der Waals surface area contributed by atoms with Crippen molar-refractivity contribution in [2.75, 3.05) is 26.3 Å². The molecular weight excluding hydrogens is 254 g/mol. The largest absolute Gasteiger partial charge is 0.393 e. The highest BCUT2D eigenvalue weighted by Crippen LogP contribution is 2.35. The molecule has 2 fully saturated rings. The van der Waals surface area contributed by atoms with Gasteiger partial charge in [0, 0.05) is 25.1 Å². The van der Waals surface area contributed by atoms with Crippen LogP contribution in [-0.2, 0) is 4.74 Å². The van der Waals surface area contributed by atoms with E-state index >= 15 is 0 Å². The number of hydrogen-bond donors (Lipinski definition) is 2. The number of aliphatic hydroxyl groups excluding tert-OH is 2. The van der Waals surface area contributed by atoms with Gasteiger partial charge in [-0.15, -0.1) is 0 Å². The Morgan fingerprint density at radius 2 is 2.10 bits per heavy atom. The summed E-state index contributed by atoms with van der Waals surface area (Å²) in [5.41, 5.74) is 0. The van der Waals surface area contributed by atoms with Crippen molar-refractivity contribution in [1.29, 1.82) is 0 Å². The molecule has 0 aromatic rings. The number of rotatable bonds is 8. The van der Waals surface area contributed by atoms with Gasteiger partial charge >= 0.3 is 0 Å². The van der Waals surface area contributed by atoms with Crippen LogP contribution in [0.3, 0.4) is 0 Å². The molecule has 0 radical (unpaired) electrons. The molecule has 118 valence electrons. The summed E-state index contributed by atoms with van der Waals surface area (Å²) in [7, 11) is 0. The highest BCUT2D eigenvalue weighted by Gasteiger charge is 2.38. The SMILES string of the molecule is CCCCOCC(O)CN1CCCC1C1CCCC1O. The summed E-state index contributed by atoms with van der Waals surface area (Å²) in [5.74, 6) is 0.422.